The van der Waals surface area contributed by atoms with Gasteiger partial charge >= 0.3 is 5.97 Å². The minimum atomic E-state index is -0.563. The molecule has 1 fully saturated rings. The van der Waals surface area contributed by atoms with E-state index in [2.05, 4.69) is 83.8 Å². The zero-order valence-electron chi connectivity index (χ0n) is 22.5. The van der Waals surface area contributed by atoms with E-state index in [1.807, 2.05) is 6.08 Å². The van der Waals surface area contributed by atoms with E-state index in [0.717, 1.165) is 44.6 Å². The molecule has 0 spiro atoms. The van der Waals surface area contributed by atoms with Crippen LogP contribution >= 0.6 is 0 Å². The fourth-order valence-electron chi connectivity index (χ4n) is 3.54. The van der Waals surface area contributed by atoms with Gasteiger partial charge in [-0.2, -0.15) is 0 Å². The van der Waals surface area contributed by atoms with Crippen molar-refractivity contribution in [2.24, 2.45) is 0 Å². The number of methoxy groups -OCH3 is 1. The second-order valence-corrected chi connectivity index (χ2v) is 8.65. The Hall–Kier alpha value is -3.41. The molecule has 37 heavy (non-hydrogen) atoms. The molecule has 1 atom stereocenters. The van der Waals surface area contributed by atoms with E-state index in [1.54, 1.807) is 4.90 Å². The molecule has 1 heterocycles. The molecule has 2 amide bonds. The molecule has 0 saturated carbocycles. The first-order valence-corrected chi connectivity index (χ1v) is 13.3. The number of likely N-dealkylation sites (tertiary alicyclic amines) is 1. The van der Waals surface area contributed by atoms with Crippen molar-refractivity contribution < 1.29 is 19.1 Å². The lowest BCUT2D eigenvalue weighted by Crippen LogP contribution is -2.38. The lowest BCUT2D eigenvalue weighted by atomic mass is 10.2. The van der Waals surface area contributed by atoms with E-state index < -0.39 is 5.97 Å². The van der Waals surface area contributed by atoms with Gasteiger partial charge in [0.15, 0.2) is 0 Å². The summed E-state index contributed by atoms with van der Waals surface area (Å²) < 4.78 is 4.48. The Morgan fingerprint density at radius 2 is 1.30 bits per heavy atom. The average molecular weight is 509 g/mol. The average Bonchev–Trinajstić information content (AvgIpc) is 3.36. The molecular formula is C31H44N2O4. The van der Waals surface area contributed by atoms with Gasteiger partial charge in [0.05, 0.1) is 7.11 Å². The Labute approximate surface area is 223 Å². The van der Waals surface area contributed by atoms with Crippen LogP contribution in [0.4, 0.5) is 0 Å². The van der Waals surface area contributed by atoms with Crippen molar-refractivity contribution in [3.05, 3.63) is 85.1 Å². The maximum atomic E-state index is 12.2. The van der Waals surface area contributed by atoms with Crippen LogP contribution in [0.3, 0.4) is 0 Å². The molecule has 6 nitrogen and oxygen atoms in total. The van der Waals surface area contributed by atoms with Crippen molar-refractivity contribution in [2.75, 3.05) is 20.2 Å². The van der Waals surface area contributed by atoms with Gasteiger partial charge in [0.1, 0.15) is 0 Å². The number of allylic oxidation sites excluding steroid dienone is 12. The summed E-state index contributed by atoms with van der Waals surface area (Å²) in [5, 5.41) is 2.98. The Balaban J connectivity index is 2.06. The van der Waals surface area contributed by atoms with Crippen molar-refractivity contribution in [1.29, 1.82) is 0 Å². The Morgan fingerprint density at radius 3 is 1.81 bits per heavy atom. The van der Waals surface area contributed by atoms with Crippen LogP contribution in [0.15, 0.2) is 85.1 Å². The van der Waals surface area contributed by atoms with E-state index >= 15 is 0 Å². The van der Waals surface area contributed by atoms with Crippen LogP contribution in [-0.4, -0.2) is 48.9 Å². The number of nitrogens with zero attached hydrogens (tertiary/aromatic N) is 1. The number of amides is 2. The van der Waals surface area contributed by atoms with Gasteiger partial charge in [-0.25, -0.2) is 4.79 Å². The van der Waals surface area contributed by atoms with Gasteiger partial charge in [-0.1, -0.05) is 79.8 Å². The smallest absolute Gasteiger partial charge is 0.330 e. The number of carbonyl (C=O) groups is 3. The van der Waals surface area contributed by atoms with E-state index in [4.69, 9.17) is 0 Å². The fourth-order valence-corrected chi connectivity index (χ4v) is 3.54. The maximum Gasteiger partial charge on any atom is 0.330 e. The summed E-state index contributed by atoms with van der Waals surface area (Å²) in [5.74, 6) is -0.823. The quantitative estimate of drug-likeness (QED) is 0.151. The van der Waals surface area contributed by atoms with Crippen LogP contribution in [0, 0.1) is 0 Å². The van der Waals surface area contributed by atoms with E-state index in [0.29, 0.717) is 32.4 Å². The highest BCUT2D eigenvalue weighted by atomic mass is 16.5. The van der Waals surface area contributed by atoms with Gasteiger partial charge in [0.25, 0.3) is 0 Å². The second-order valence-electron chi connectivity index (χ2n) is 8.65. The highest BCUT2D eigenvalue weighted by Gasteiger charge is 2.26. The number of ether oxygens (including phenoxy) is 1. The molecule has 1 N–H and O–H groups in total. The summed E-state index contributed by atoms with van der Waals surface area (Å²) in [4.78, 5) is 36.9. The van der Waals surface area contributed by atoms with Crippen molar-refractivity contribution in [1.82, 2.24) is 10.2 Å². The second kappa shape index (κ2) is 21.8. The molecule has 1 saturated heterocycles. The lowest BCUT2D eigenvalue weighted by molar-refractivity contribution is -0.135. The molecule has 0 radical (unpaired) electrons. The van der Waals surface area contributed by atoms with Crippen LogP contribution in [-0.2, 0) is 19.1 Å². The molecule has 0 aliphatic carbocycles. The minimum absolute atomic E-state index is 0.0102. The molecule has 0 aromatic rings. The van der Waals surface area contributed by atoms with Crippen LogP contribution in [0.25, 0.3) is 0 Å². The molecular weight excluding hydrogens is 464 g/mol. The third kappa shape index (κ3) is 17.6. The first kappa shape index (κ1) is 31.6. The lowest BCUT2D eigenvalue weighted by Gasteiger charge is -2.15. The number of hydrogen-bond donors (Lipinski definition) is 1. The maximum absolute atomic E-state index is 12.2. The monoisotopic (exact) mass is 508 g/mol. The highest BCUT2D eigenvalue weighted by Crippen LogP contribution is 2.10. The molecule has 0 aromatic carbocycles. The zero-order chi connectivity index (χ0) is 27.0. The minimum Gasteiger partial charge on any atom is -0.466 e. The summed E-state index contributed by atoms with van der Waals surface area (Å²) >= 11 is 0. The molecule has 0 aromatic heterocycles. The molecule has 1 rings (SSSR count). The number of nitrogens with one attached hydrogen (secondary N) is 1. The first-order chi connectivity index (χ1) is 18.1. The van der Waals surface area contributed by atoms with Crippen LogP contribution < -0.4 is 5.32 Å². The van der Waals surface area contributed by atoms with E-state index in [9.17, 15) is 14.4 Å². The third-order valence-corrected chi connectivity index (χ3v) is 5.56. The Morgan fingerprint density at radius 1 is 0.784 bits per heavy atom. The first-order valence-electron chi connectivity index (χ1n) is 13.3. The normalized spacial score (nSPS) is 16.7. The van der Waals surface area contributed by atoms with Gasteiger partial charge in [-0.15, -0.1) is 0 Å². The predicted octanol–water partition coefficient (Wildman–Crippen LogP) is 5.91. The van der Waals surface area contributed by atoms with Crippen LogP contribution in [0.2, 0.25) is 0 Å². The molecule has 1 aliphatic rings. The molecule has 0 bridgehead atoms. The Kier molecular flexibility index (Phi) is 18.7. The molecule has 6 heteroatoms. The third-order valence-electron chi connectivity index (χ3n) is 5.56. The van der Waals surface area contributed by atoms with E-state index in [-0.39, 0.29) is 17.9 Å². The molecule has 202 valence electrons. The fraction of sp³-hybridized carbons (Fsp3) is 0.452. The van der Waals surface area contributed by atoms with Crippen molar-refractivity contribution in [3.63, 3.8) is 0 Å². The van der Waals surface area contributed by atoms with Gasteiger partial charge in [0.2, 0.25) is 11.8 Å². The van der Waals surface area contributed by atoms with Gasteiger partial charge in [-0.05, 0) is 51.4 Å². The highest BCUT2D eigenvalue weighted by molar-refractivity contribution is 5.94. The summed E-state index contributed by atoms with van der Waals surface area (Å²) in [6.45, 7) is 3.16. The van der Waals surface area contributed by atoms with Crippen molar-refractivity contribution in [3.8, 4) is 0 Å². The van der Waals surface area contributed by atoms with E-state index in [1.165, 1.54) is 13.2 Å². The number of hydrogen-bond acceptors (Lipinski definition) is 4. The van der Waals surface area contributed by atoms with Gasteiger partial charge in [-0.3, -0.25) is 9.59 Å². The summed E-state index contributed by atoms with van der Waals surface area (Å²) in [6.07, 6.45) is 35.9. The zero-order valence-corrected chi connectivity index (χ0v) is 22.5. The summed E-state index contributed by atoms with van der Waals surface area (Å²) in [7, 11) is 1.26. The number of carbonyl (C=O) groups excluding carboxylic acids is 3. The van der Waals surface area contributed by atoms with Crippen molar-refractivity contribution >= 4 is 17.8 Å². The molecule has 0 unspecified atom stereocenters. The van der Waals surface area contributed by atoms with Gasteiger partial charge in [0, 0.05) is 37.7 Å². The van der Waals surface area contributed by atoms with Crippen LogP contribution in [0.5, 0.6) is 0 Å². The molecule has 1 aliphatic heterocycles. The van der Waals surface area contributed by atoms with Crippen LogP contribution in [0.1, 0.15) is 64.7 Å². The van der Waals surface area contributed by atoms with Gasteiger partial charge < -0.3 is 15.0 Å². The predicted molar refractivity (Wildman–Crippen MR) is 152 cm³/mol. The summed E-state index contributed by atoms with van der Waals surface area (Å²) in [6, 6.07) is -0.0479. The Bertz CT molecular complexity index is 878. The largest absolute Gasteiger partial charge is 0.466 e. The number of esters is 1. The summed E-state index contributed by atoms with van der Waals surface area (Å²) in [5.41, 5.74) is 0. The topological polar surface area (TPSA) is 75.7 Å². The standard InChI is InChI=1S/C31H44N2O4/c1-3-4-5-6-7-8-9-10-11-12-13-14-15-16-17-18-19-20-21-22-29(34)32-28-25-26-33(27-28)30(35)23-24-31(36)37-2/h4-5,7-8,10-11,13-14,16-17,19-20,23-24,28H,3,6,9,12,15,18,21-22,25-27H2,1-2H3,(H,32,34)/b5-4-,8-7-,11-10-,14-13-,17-16-,20-19-,24-23?/t28-/m0/s1. The SMILES string of the molecule is CC/C=C\C/C=C\C/C=C\C/C=C\C/C=C\C/C=C\CCC(=O)N[C@H]1CCN(C(=O)C=CC(=O)OC)C1. The number of rotatable bonds is 17. The van der Waals surface area contributed by atoms with Crippen molar-refractivity contribution in [2.45, 2.75) is 70.8 Å².